The van der Waals surface area contributed by atoms with Crippen LogP contribution in [0.4, 0.5) is 0 Å². The first-order valence-electron chi connectivity index (χ1n) is 27.4. The molecule has 1 aliphatic carbocycles. The number of hydrogen-bond acceptors (Lipinski definition) is 16. The van der Waals surface area contributed by atoms with Gasteiger partial charge in [0.15, 0.2) is 0 Å². The van der Waals surface area contributed by atoms with Crippen molar-refractivity contribution >= 4 is 47.8 Å². The van der Waals surface area contributed by atoms with E-state index in [1.54, 1.807) is 12.2 Å². The third kappa shape index (κ3) is 25.2. The Morgan fingerprint density at radius 1 is 0.367 bits per heavy atom. The molecule has 5 rings (SSSR count). The zero-order valence-corrected chi connectivity index (χ0v) is 51.6. The number of rotatable bonds is 14. The lowest BCUT2D eigenvalue weighted by atomic mass is 9.87. The summed E-state index contributed by atoms with van der Waals surface area (Å²) in [5, 5.41) is 17.8. The van der Waals surface area contributed by atoms with Crippen molar-refractivity contribution < 1.29 is 86.5 Å². The number of esters is 6. The molecule has 4 aliphatic heterocycles. The largest absolute Gasteiger partial charge is 0.481 e. The number of carboxylic acid groups (broad SMARTS) is 2. The molecule has 4 saturated heterocycles. The molecule has 4 heterocycles. The molecule has 16 atom stereocenters. The van der Waals surface area contributed by atoms with Gasteiger partial charge < -0.3 is 48.1 Å². The highest BCUT2D eigenvalue weighted by molar-refractivity contribution is 5.98. The fourth-order valence-electron chi connectivity index (χ4n) is 8.25. The van der Waals surface area contributed by atoms with Crippen molar-refractivity contribution in [2.75, 3.05) is 28.4 Å². The lowest BCUT2D eigenvalue weighted by molar-refractivity contribution is -0.157. The third-order valence-corrected chi connectivity index (χ3v) is 11.3. The summed E-state index contributed by atoms with van der Waals surface area (Å²) in [6.45, 7) is 60.5. The Morgan fingerprint density at radius 2 is 0.570 bits per heavy atom. The summed E-state index contributed by atoms with van der Waals surface area (Å²) in [6, 6.07) is 0. The van der Waals surface area contributed by atoms with Gasteiger partial charge in [0.1, 0.15) is 35.5 Å². The molecule has 2 N–H and O–H groups in total. The highest BCUT2D eigenvalue weighted by Crippen LogP contribution is 2.44. The van der Waals surface area contributed by atoms with Gasteiger partial charge in [0.2, 0.25) is 0 Å². The second kappa shape index (κ2) is 52.5. The van der Waals surface area contributed by atoms with Crippen LogP contribution in [0.1, 0.15) is 117 Å². The molecule has 0 bridgehead atoms. The summed E-state index contributed by atoms with van der Waals surface area (Å²) < 4.78 is 39.5. The lowest BCUT2D eigenvalue weighted by Gasteiger charge is -2.20. The average Bonchev–Trinajstić information content (AvgIpc) is 4.35. The second-order valence-electron chi connectivity index (χ2n) is 14.4. The van der Waals surface area contributed by atoms with E-state index in [2.05, 4.69) is 66.8 Å². The number of aliphatic carboxylic acids is 2. The van der Waals surface area contributed by atoms with Gasteiger partial charge in [-0.2, -0.15) is 0 Å². The van der Waals surface area contributed by atoms with Gasteiger partial charge in [0.05, 0.1) is 76.9 Å². The number of allylic oxidation sites excluding steroid dienone is 2. The number of methoxy groups -OCH3 is 4. The van der Waals surface area contributed by atoms with Gasteiger partial charge in [-0.3, -0.25) is 38.4 Å². The fourth-order valence-corrected chi connectivity index (χ4v) is 8.25. The molecule has 18 nitrogen and oxygen atoms in total. The molecule has 0 spiro atoms. The molecular formula is C61H104O18. The van der Waals surface area contributed by atoms with E-state index in [0.717, 1.165) is 0 Å². The summed E-state index contributed by atoms with van der Waals surface area (Å²) >= 11 is 0. The van der Waals surface area contributed by atoms with E-state index in [9.17, 15) is 38.4 Å². The molecular weight excluding hydrogens is 1020 g/mol. The van der Waals surface area contributed by atoms with E-state index >= 15 is 0 Å². The van der Waals surface area contributed by atoms with Crippen LogP contribution in [-0.4, -0.2) is 123 Å². The highest BCUT2D eigenvalue weighted by atomic mass is 16.6. The maximum atomic E-state index is 11.8. The number of carbonyl (C=O) groups excluding carboxylic acids is 6. The standard InChI is InChI=1S/C13H18O4.C12H16O5.C10H12O5.C10H10O4.8C2H6/c1-5-8-7-9(6-2)11(13(15)17-4)10(8)12(14)16-3;1-5-7-9(11(13)15-3)10(12(14)16-4)8(6-2)17-7;1-3-5-7(9(11)12)8(10(13)14)6(4-2)15-5;1-3-5-7-8(6(4-2)13-5)10(12)14-9(7)11;8*1-2/h5-6,8-11H,1-2,7H2,3-4H3;5-10H,1-2H2,3-4H3;3-8H,1-2H2,(H,11,12)(H,13,14);3-8H,1-2H2;8*1-2H3/t;;;5?,6?,7-,8+;;;;;;;;. The van der Waals surface area contributed by atoms with Crippen molar-refractivity contribution in [2.24, 2.45) is 59.2 Å². The Kier molecular flexibility index (Phi) is 57.5. The van der Waals surface area contributed by atoms with Crippen molar-refractivity contribution in [2.45, 2.75) is 154 Å². The van der Waals surface area contributed by atoms with Crippen LogP contribution in [0.25, 0.3) is 0 Å². The molecule has 79 heavy (non-hydrogen) atoms. The third-order valence-electron chi connectivity index (χ3n) is 11.3. The monoisotopic (exact) mass is 1120 g/mol. The van der Waals surface area contributed by atoms with Crippen molar-refractivity contribution in [1.29, 1.82) is 0 Å². The molecule has 456 valence electrons. The Labute approximate surface area is 475 Å². The molecule has 0 amide bonds. The normalized spacial score (nSPS) is 28.0. The van der Waals surface area contributed by atoms with Crippen LogP contribution in [0, 0.1) is 59.2 Å². The fraction of sp³-hybridized carbons (Fsp3) is 0.607. The highest BCUT2D eigenvalue weighted by Gasteiger charge is 2.57. The van der Waals surface area contributed by atoms with Gasteiger partial charge in [-0.15, -0.1) is 52.6 Å². The Bertz CT molecular complexity index is 1630. The second-order valence-corrected chi connectivity index (χ2v) is 14.4. The summed E-state index contributed by atoms with van der Waals surface area (Å²) in [5.41, 5.74) is 0. The Hall–Kier alpha value is -6.24. The molecule has 18 heteroatoms. The topological polar surface area (TPSA) is 251 Å². The zero-order valence-electron chi connectivity index (χ0n) is 51.6. The molecule has 0 radical (unpaired) electrons. The van der Waals surface area contributed by atoms with Crippen LogP contribution >= 0.6 is 0 Å². The number of carbonyl (C=O) groups is 8. The quantitative estimate of drug-likeness (QED) is 0.0710. The number of fused-ring (bicyclic) bond motifs is 1. The lowest BCUT2D eigenvalue weighted by Crippen LogP contribution is -2.35. The van der Waals surface area contributed by atoms with Gasteiger partial charge in [0.25, 0.3) is 0 Å². The smallest absolute Gasteiger partial charge is 0.320 e. The van der Waals surface area contributed by atoms with Gasteiger partial charge in [-0.05, 0) is 18.3 Å². The maximum Gasteiger partial charge on any atom is 0.320 e. The van der Waals surface area contributed by atoms with Crippen LogP contribution in [0.5, 0.6) is 0 Å². The first-order chi connectivity index (χ1) is 37.9. The van der Waals surface area contributed by atoms with Crippen LogP contribution in [0.3, 0.4) is 0 Å². The molecule has 0 aromatic carbocycles. The summed E-state index contributed by atoms with van der Waals surface area (Å²) in [6.07, 6.45) is 9.04. The summed E-state index contributed by atoms with van der Waals surface area (Å²) in [4.78, 5) is 91.3. The van der Waals surface area contributed by atoms with Gasteiger partial charge >= 0.3 is 47.8 Å². The average molecular weight is 1130 g/mol. The maximum absolute atomic E-state index is 11.8. The molecule has 0 aromatic rings. The minimum Gasteiger partial charge on any atom is -0.481 e. The number of cyclic esters (lactones) is 2. The van der Waals surface area contributed by atoms with E-state index in [1.807, 2.05) is 111 Å². The predicted molar refractivity (Wildman–Crippen MR) is 312 cm³/mol. The predicted octanol–water partition coefficient (Wildman–Crippen LogP) is 11.5. The minimum absolute atomic E-state index is 0.0745. The van der Waals surface area contributed by atoms with Crippen LogP contribution in [0.2, 0.25) is 0 Å². The Balaban J connectivity index is -0.000000161. The number of carboxylic acids is 2. The first-order valence-corrected chi connectivity index (χ1v) is 27.4. The van der Waals surface area contributed by atoms with Crippen molar-refractivity contribution in [1.82, 2.24) is 0 Å². The molecule has 0 aromatic heterocycles. The van der Waals surface area contributed by atoms with Crippen molar-refractivity contribution in [3.05, 3.63) is 101 Å². The van der Waals surface area contributed by atoms with E-state index in [0.29, 0.717) is 6.42 Å². The minimum atomic E-state index is -1.20. The molecule has 1 saturated carbocycles. The van der Waals surface area contributed by atoms with Gasteiger partial charge in [-0.25, -0.2) is 0 Å². The Morgan fingerprint density at radius 3 is 0.759 bits per heavy atom. The molecule has 5 fully saturated rings. The van der Waals surface area contributed by atoms with E-state index in [4.69, 9.17) is 33.9 Å². The SMILES string of the molecule is C=CC1CC(C=C)C(C(=O)OC)C1C(=O)OC.C=CC1OC(C=C)C(C(=O)O)C1C(=O)O.C=CC1OC(C=C)C(C(=O)OC)C1C(=O)OC.C=CC1OC(C=C)[C@@H]2C(=O)OC(=O)[C@H]12.CC.CC.CC.CC.CC.CC.CC.CC. The van der Waals surface area contributed by atoms with Gasteiger partial charge in [0, 0.05) is 0 Å². The van der Waals surface area contributed by atoms with E-state index in [-0.39, 0.29) is 11.8 Å². The van der Waals surface area contributed by atoms with Crippen LogP contribution in [-0.2, 0) is 76.3 Å². The van der Waals surface area contributed by atoms with Crippen LogP contribution in [0.15, 0.2) is 101 Å². The van der Waals surface area contributed by atoms with Crippen molar-refractivity contribution in [3.63, 3.8) is 0 Å². The first kappa shape index (κ1) is 86.6. The van der Waals surface area contributed by atoms with Gasteiger partial charge in [-0.1, -0.05) is 159 Å². The van der Waals surface area contributed by atoms with E-state index < -0.39 is 132 Å². The number of ether oxygens (including phenoxy) is 8. The van der Waals surface area contributed by atoms with E-state index in [1.165, 1.54) is 64.9 Å². The number of hydrogen-bond donors (Lipinski definition) is 2. The summed E-state index contributed by atoms with van der Waals surface area (Å²) in [7, 11) is 5.16. The zero-order chi connectivity index (χ0) is 63.9. The summed E-state index contributed by atoms with van der Waals surface area (Å²) in [5.74, 6) is -11.2. The van der Waals surface area contributed by atoms with Crippen molar-refractivity contribution in [3.8, 4) is 0 Å². The molecule has 5 aliphatic rings. The van der Waals surface area contributed by atoms with Crippen LogP contribution < -0.4 is 0 Å². The molecule has 14 unspecified atom stereocenters.